The van der Waals surface area contributed by atoms with Gasteiger partial charge in [0, 0.05) is 11.5 Å². The molecule has 0 aliphatic carbocycles. The zero-order valence-electron chi connectivity index (χ0n) is 14.0. The molecular formula is C17H18ClNO6. The molecule has 1 heterocycles. The van der Waals surface area contributed by atoms with Crippen LogP contribution in [0, 0.1) is 6.92 Å². The van der Waals surface area contributed by atoms with Crippen molar-refractivity contribution in [3.8, 4) is 5.75 Å². The minimum absolute atomic E-state index is 0.159. The number of rotatable bonds is 6. The van der Waals surface area contributed by atoms with Crippen LogP contribution in [-0.4, -0.2) is 30.1 Å². The molecule has 1 atom stereocenters. The number of carbonyl (C=O) groups excluding carboxylic acids is 1. The van der Waals surface area contributed by atoms with E-state index >= 15 is 0 Å². The third-order valence-electron chi connectivity index (χ3n) is 3.94. The van der Waals surface area contributed by atoms with Gasteiger partial charge in [-0.05, 0) is 25.0 Å². The molecule has 1 aromatic heterocycles. The van der Waals surface area contributed by atoms with Gasteiger partial charge < -0.3 is 19.6 Å². The number of carbonyl (C=O) groups is 2. The highest BCUT2D eigenvalue weighted by molar-refractivity contribution is 6.32. The lowest BCUT2D eigenvalue weighted by molar-refractivity contribution is -0.141. The van der Waals surface area contributed by atoms with E-state index in [-0.39, 0.29) is 18.4 Å². The number of carboxylic acids is 1. The van der Waals surface area contributed by atoms with Crippen molar-refractivity contribution in [2.45, 2.75) is 32.7 Å². The maximum absolute atomic E-state index is 12.2. The van der Waals surface area contributed by atoms with Gasteiger partial charge in [-0.25, -0.2) is 9.59 Å². The van der Waals surface area contributed by atoms with Crippen LogP contribution in [0.1, 0.15) is 24.5 Å². The number of nitrogens with one attached hydrogen (secondary N) is 1. The highest BCUT2D eigenvalue weighted by Gasteiger charge is 2.21. The first-order chi connectivity index (χ1) is 11.8. The van der Waals surface area contributed by atoms with Gasteiger partial charge in [-0.15, -0.1) is 0 Å². The number of aliphatic carboxylic acids is 1. The van der Waals surface area contributed by atoms with Crippen LogP contribution < -0.4 is 15.7 Å². The van der Waals surface area contributed by atoms with Crippen LogP contribution in [-0.2, 0) is 16.0 Å². The molecule has 0 aliphatic rings. The second kappa shape index (κ2) is 7.57. The van der Waals surface area contributed by atoms with Crippen molar-refractivity contribution >= 4 is 34.4 Å². The number of ether oxygens (including phenoxy) is 1. The Morgan fingerprint density at radius 2 is 2.08 bits per heavy atom. The van der Waals surface area contributed by atoms with Crippen molar-refractivity contribution in [1.82, 2.24) is 5.32 Å². The van der Waals surface area contributed by atoms with Gasteiger partial charge in [0.2, 0.25) is 5.91 Å². The summed E-state index contributed by atoms with van der Waals surface area (Å²) >= 11 is 6.11. The Hall–Kier alpha value is -2.54. The Morgan fingerprint density at radius 3 is 2.64 bits per heavy atom. The molecule has 8 heteroatoms. The molecule has 25 heavy (non-hydrogen) atoms. The standard InChI is InChI=1S/C17H18ClNO6/c1-4-12(16(21)22)19-15(20)6-10-8(2)9-5-11(18)14(24-3)7-13(9)25-17(10)23/h5,7,12H,4,6H2,1-3H3,(H,19,20)(H,21,22). The highest BCUT2D eigenvalue weighted by Crippen LogP contribution is 2.31. The van der Waals surface area contributed by atoms with Crippen molar-refractivity contribution in [3.05, 3.63) is 38.7 Å². The molecule has 0 spiro atoms. The number of halogens is 1. The molecule has 0 bridgehead atoms. The minimum atomic E-state index is -1.13. The quantitative estimate of drug-likeness (QED) is 0.759. The molecule has 0 saturated heterocycles. The molecule has 0 radical (unpaired) electrons. The van der Waals surface area contributed by atoms with E-state index in [0.29, 0.717) is 27.3 Å². The maximum Gasteiger partial charge on any atom is 0.340 e. The normalized spacial score (nSPS) is 12.0. The van der Waals surface area contributed by atoms with Gasteiger partial charge in [0.25, 0.3) is 0 Å². The van der Waals surface area contributed by atoms with E-state index in [1.54, 1.807) is 19.9 Å². The zero-order valence-corrected chi connectivity index (χ0v) is 14.8. The molecule has 7 nitrogen and oxygen atoms in total. The smallest absolute Gasteiger partial charge is 0.340 e. The molecule has 134 valence electrons. The summed E-state index contributed by atoms with van der Waals surface area (Å²) in [5.74, 6) is -1.32. The van der Waals surface area contributed by atoms with E-state index in [1.165, 1.54) is 13.2 Å². The Balaban J connectivity index is 2.40. The lowest BCUT2D eigenvalue weighted by Crippen LogP contribution is -2.41. The molecule has 1 unspecified atom stereocenters. The second-order valence-electron chi connectivity index (χ2n) is 5.52. The summed E-state index contributed by atoms with van der Waals surface area (Å²) < 4.78 is 10.4. The van der Waals surface area contributed by atoms with Crippen LogP contribution in [0.15, 0.2) is 21.3 Å². The number of carboxylic acid groups (broad SMARTS) is 1. The monoisotopic (exact) mass is 367 g/mol. The Bertz CT molecular complexity index is 889. The molecule has 2 rings (SSSR count). The first-order valence-corrected chi connectivity index (χ1v) is 7.98. The maximum atomic E-state index is 12.2. The summed E-state index contributed by atoms with van der Waals surface area (Å²) in [4.78, 5) is 35.3. The molecule has 0 aliphatic heterocycles. The van der Waals surface area contributed by atoms with Gasteiger partial charge in [0.15, 0.2) is 0 Å². The molecule has 0 fully saturated rings. The Kier molecular flexibility index (Phi) is 5.69. The predicted octanol–water partition coefficient (Wildman–Crippen LogP) is 2.29. The SMILES string of the molecule is CCC(NC(=O)Cc1c(C)c2cc(Cl)c(OC)cc2oc1=O)C(=O)O. The van der Waals surface area contributed by atoms with Crippen LogP contribution in [0.25, 0.3) is 11.0 Å². The molecule has 2 N–H and O–H groups in total. The summed E-state index contributed by atoms with van der Waals surface area (Å²) in [7, 11) is 1.45. The van der Waals surface area contributed by atoms with Gasteiger partial charge in [0.05, 0.1) is 24.1 Å². The van der Waals surface area contributed by atoms with Gasteiger partial charge in [-0.2, -0.15) is 0 Å². The highest BCUT2D eigenvalue weighted by atomic mass is 35.5. The van der Waals surface area contributed by atoms with Crippen LogP contribution in [0.3, 0.4) is 0 Å². The average molecular weight is 368 g/mol. The number of benzene rings is 1. The lowest BCUT2D eigenvalue weighted by Gasteiger charge is -2.13. The Labute approximate surface area is 148 Å². The van der Waals surface area contributed by atoms with Gasteiger partial charge in [-0.1, -0.05) is 18.5 Å². The largest absolute Gasteiger partial charge is 0.495 e. The number of hydrogen-bond donors (Lipinski definition) is 2. The van der Waals surface area contributed by atoms with Crippen molar-refractivity contribution < 1.29 is 23.8 Å². The van der Waals surface area contributed by atoms with E-state index < -0.39 is 23.5 Å². The van der Waals surface area contributed by atoms with Gasteiger partial charge in [-0.3, -0.25) is 4.79 Å². The first kappa shape index (κ1) is 18.8. The van der Waals surface area contributed by atoms with Crippen LogP contribution in [0.5, 0.6) is 5.75 Å². The number of aryl methyl sites for hydroxylation is 1. The fraction of sp³-hybridized carbons (Fsp3) is 0.353. The fourth-order valence-electron chi connectivity index (χ4n) is 2.49. The second-order valence-corrected chi connectivity index (χ2v) is 5.93. The van der Waals surface area contributed by atoms with E-state index in [0.717, 1.165) is 0 Å². The Morgan fingerprint density at radius 1 is 1.40 bits per heavy atom. The molecule has 1 aromatic carbocycles. The third-order valence-corrected chi connectivity index (χ3v) is 4.23. The van der Waals surface area contributed by atoms with Crippen molar-refractivity contribution in [3.63, 3.8) is 0 Å². The number of fused-ring (bicyclic) bond motifs is 1. The average Bonchev–Trinajstić information content (AvgIpc) is 2.56. The number of methoxy groups -OCH3 is 1. The number of hydrogen-bond acceptors (Lipinski definition) is 5. The molecular weight excluding hydrogens is 350 g/mol. The fourth-order valence-corrected chi connectivity index (χ4v) is 2.74. The van der Waals surface area contributed by atoms with E-state index in [9.17, 15) is 14.4 Å². The van der Waals surface area contributed by atoms with Crippen LogP contribution in [0.2, 0.25) is 5.02 Å². The predicted molar refractivity (Wildman–Crippen MR) is 92.3 cm³/mol. The van der Waals surface area contributed by atoms with E-state index in [1.807, 2.05) is 0 Å². The van der Waals surface area contributed by atoms with Crippen molar-refractivity contribution in [2.24, 2.45) is 0 Å². The van der Waals surface area contributed by atoms with Crippen molar-refractivity contribution in [1.29, 1.82) is 0 Å². The molecule has 2 aromatic rings. The molecule has 1 amide bonds. The summed E-state index contributed by atoms with van der Waals surface area (Å²) in [5.41, 5.74) is 0.346. The van der Waals surface area contributed by atoms with Crippen LogP contribution in [0.4, 0.5) is 0 Å². The summed E-state index contributed by atoms with van der Waals surface area (Å²) in [6.45, 7) is 3.32. The van der Waals surface area contributed by atoms with Gasteiger partial charge in [0.1, 0.15) is 17.4 Å². The minimum Gasteiger partial charge on any atom is -0.495 e. The number of amides is 1. The van der Waals surface area contributed by atoms with Crippen LogP contribution >= 0.6 is 11.6 Å². The third kappa shape index (κ3) is 3.93. The van der Waals surface area contributed by atoms with E-state index in [4.69, 9.17) is 25.9 Å². The topological polar surface area (TPSA) is 106 Å². The lowest BCUT2D eigenvalue weighted by atomic mass is 10.0. The van der Waals surface area contributed by atoms with E-state index in [2.05, 4.69) is 5.32 Å². The summed E-state index contributed by atoms with van der Waals surface area (Å²) in [6.07, 6.45) is -0.0423. The summed E-state index contributed by atoms with van der Waals surface area (Å²) in [5, 5.41) is 12.3. The van der Waals surface area contributed by atoms with Crippen molar-refractivity contribution in [2.75, 3.05) is 7.11 Å². The summed E-state index contributed by atoms with van der Waals surface area (Å²) in [6, 6.07) is 2.11. The molecule has 0 saturated carbocycles. The zero-order chi connectivity index (χ0) is 18.7. The first-order valence-electron chi connectivity index (χ1n) is 7.60. The van der Waals surface area contributed by atoms with Gasteiger partial charge >= 0.3 is 11.6 Å².